The summed E-state index contributed by atoms with van der Waals surface area (Å²) in [6.07, 6.45) is -11.8. The van der Waals surface area contributed by atoms with E-state index < -0.39 is 51.5 Å². The first-order valence-corrected chi connectivity index (χ1v) is 14.9. The van der Waals surface area contributed by atoms with Gasteiger partial charge in [-0.05, 0) is 47.5 Å². The van der Waals surface area contributed by atoms with Crippen molar-refractivity contribution in [3.05, 3.63) is 72.2 Å². The lowest BCUT2D eigenvalue weighted by Crippen LogP contribution is -2.26. The lowest BCUT2D eigenvalue weighted by molar-refractivity contribution is -0.193. The van der Waals surface area contributed by atoms with E-state index in [0.29, 0.717) is 30.4 Å². The maximum absolute atomic E-state index is 13.2. The fourth-order valence-corrected chi connectivity index (χ4v) is 6.71. The number of aliphatic carboxylic acids is 3. The lowest BCUT2D eigenvalue weighted by Gasteiger charge is -2.17. The minimum absolute atomic E-state index is 0.0265. The third-order valence-electron chi connectivity index (χ3n) is 6.57. The molecule has 3 aromatic rings. The molecule has 0 radical (unpaired) electrons. The molecule has 2 unspecified atom stereocenters. The predicted octanol–water partition coefficient (Wildman–Crippen LogP) is 4.81. The number of carboxylic acids is 3. The van der Waals surface area contributed by atoms with Crippen molar-refractivity contribution < 1.29 is 82.4 Å². The van der Waals surface area contributed by atoms with Gasteiger partial charge < -0.3 is 20.1 Å². The second-order valence-corrected chi connectivity index (χ2v) is 12.1. The van der Waals surface area contributed by atoms with Crippen molar-refractivity contribution >= 4 is 27.7 Å². The molecular formula is C28H24F9N3O9S. The summed E-state index contributed by atoms with van der Waals surface area (Å²) in [5, 5.41) is 21.0. The highest BCUT2D eigenvalue weighted by molar-refractivity contribution is 7.92. The van der Waals surface area contributed by atoms with Crippen molar-refractivity contribution in [2.24, 2.45) is 0 Å². The minimum Gasteiger partial charge on any atom is -0.481 e. The molecular weight excluding hydrogens is 725 g/mol. The standard InChI is InChI=1S/C22H21N3O3S.3C2HF3O2/c1-28-22-17(6-4-10-24-22)15-7-8-20-18(11-15)19-13-25(14-21(19)29(20,26)27)12-16-5-2-3-9-23-16;3*3-2(4,5)1(6)7/h2-11,19,21H,12-14H2,1H3;3*(H,6,7). The summed E-state index contributed by atoms with van der Waals surface area (Å²) >= 11 is 0. The number of carbonyl (C=O) groups is 3. The third kappa shape index (κ3) is 11.0. The number of likely N-dealkylation sites (tertiary alicyclic amines) is 1. The van der Waals surface area contributed by atoms with Gasteiger partial charge in [0, 0.05) is 43.5 Å². The van der Waals surface area contributed by atoms with Crippen LogP contribution in [0.15, 0.2) is 65.8 Å². The fraction of sp³-hybridized carbons (Fsp3) is 0.321. The molecule has 4 heterocycles. The molecule has 2 aromatic heterocycles. The average molecular weight is 750 g/mol. The summed E-state index contributed by atoms with van der Waals surface area (Å²) in [5.74, 6) is -7.76. The van der Waals surface area contributed by atoms with Crippen LogP contribution in [0.25, 0.3) is 11.1 Å². The first-order chi connectivity index (χ1) is 22.9. The number of fused-ring (bicyclic) bond motifs is 3. The summed E-state index contributed by atoms with van der Waals surface area (Å²) < 4.78 is 127. The van der Waals surface area contributed by atoms with Gasteiger partial charge >= 0.3 is 36.4 Å². The summed E-state index contributed by atoms with van der Waals surface area (Å²) in [4.78, 5) is 38.0. The van der Waals surface area contributed by atoms with Gasteiger partial charge in [-0.1, -0.05) is 12.1 Å². The van der Waals surface area contributed by atoms with Crippen LogP contribution in [0.1, 0.15) is 17.2 Å². The Morgan fingerprint density at radius 2 is 1.32 bits per heavy atom. The number of sulfone groups is 1. The van der Waals surface area contributed by atoms with Crippen LogP contribution in [0.3, 0.4) is 0 Å². The number of hydrogen-bond donors (Lipinski definition) is 3. The Morgan fingerprint density at radius 1 is 0.800 bits per heavy atom. The summed E-state index contributed by atoms with van der Waals surface area (Å²) in [5.41, 5.74) is 3.65. The Labute approximate surface area is 275 Å². The second kappa shape index (κ2) is 16.1. The molecule has 1 aromatic carbocycles. The first-order valence-electron chi connectivity index (χ1n) is 13.3. The van der Waals surface area contributed by atoms with Crippen LogP contribution < -0.4 is 4.74 Å². The van der Waals surface area contributed by atoms with Crippen LogP contribution in [-0.4, -0.2) is 100 Å². The first kappa shape index (κ1) is 41.2. The molecule has 5 rings (SSSR count). The molecule has 2 aliphatic rings. The summed E-state index contributed by atoms with van der Waals surface area (Å²) in [7, 11) is -1.74. The molecule has 22 heteroatoms. The molecule has 2 atom stereocenters. The van der Waals surface area contributed by atoms with Gasteiger partial charge in [0.2, 0.25) is 5.88 Å². The van der Waals surface area contributed by atoms with E-state index in [-0.39, 0.29) is 5.92 Å². The van der Waals surface area contributed by atoms with Gasteiger partial charge in [0.05, 0.1) is 22.9 Å². The molecule has 0 saturated carbocycles. The lowest BCUT2D eigenvalue weighted by atomic mass is 9.95. The number of halogens is 9. The van der Waals surface area contributed by atoms with Crippen LogP contribution in [0, 0.1) is 0 Å². The zero-order valence-corrected chi connectivity index (χ0v) is 25.8. The minimum atomic E-state index is -5.08. The summed E-state index contributed by atoms with van der Waals surface area (Å²) in [6, 6.07) is 15.2. The molecule has 0 aliphatic carbocycles. The van der Waals surface area contributed by atoms with E-state index in [1.165, 1.54) is 0 Å². The highest BCUT2D eigenvalue weighted by Crippen LogP contribution is 2.46. The number of aromatic nitrogens is 2. The topological polar surface area (TPSA) is 184 Å². The van der Waals surface area contributed by atoms with E-state index in [2.05, 4.69) is 14.9 Å². The van der Waals surface area contributed by atoms with Crippen molar-refractivity contribution in [2.45, 2.75) is 41.1 Å². The van der Waals surface area contributed by atoms with E-state index in [1.807, 2.05) is 42.5 Å². The van der Waals surface area contributed by atoms with Crippen molar-refractivity contribution in [1.29, 1.82) is 0 Å². The van der Waals surface area contributed by atoms with Gasteiger partial charge in [-0.2, -0.15) is 39.5 Å². The van der Waals surface area contributed by atoms with Gasteiger partial charge in [0.25, 0.3) is 0 Å². The molecule has 50 heavy (non-hydrogen) atoms. The number of ether oxygens (including phenoxy) is 1. The Hall–Kier alpha value is -4.99. The van der Waals surface area contributed by atoms with Crippen molar-refractivity contribution in [1.82, 2.24) is 14.9 Å². The molecule has 274 valence electrons. The highest BCUT2D eigenvalue weighted by atomic mass is 32.2. The molecule has 0 spiro atoms. The van der Waals surface area contributed by atoms with Gasteiger partial charge in [-0.15, -0.1) is 0 Å². The van der Waals surface area contributed by atoms with Gasteiger partial charge in [0.1, 0.15) is 0 Å². The van der Waals surface area contributed by atoms with Gasteiger partial charge in [-0.25, -0.2) is 27.8 Å². The molecule has 1 saturated heterocycles. The smallest absolute Gasteiger partial charge is 0.481 e. The highest BCUT2D eigenvalue weighted by Gasteiger charge is 2.50. The molecule has 12 nitrogen and oxygen atoms in total. The van der Waals surface area contributed by atoms with E-state index in [4.69, 9.17) is 34.4 Å². The van der Waals surface area contributed by atoms with E-state index in [9.17, 15) is 47.9 Å². The monoisotopic (exact) mass is 749 g/mol. The van der Waals surface area contributed by atoms with Crippen molar-refractivity contribution in [2.75, 3.05) is 20.2 Å². The second-order valence-electron chi connectivity index (χ2n) is 9.93. The normalized spacial score (nSPS) is 17.6. The van der Waals surface area contributed by atoms with Crippen molar-refractivity contribution in [3.63, 3.8) is 0 Å². The molecule has 3 N–H and O–H groups in total. The molecule has 1 fully saturated rings. The number of hydrogen-bond acceptors (Lipinski definition) is 9. The predicted molar refractivity (Wildman–Crippen MR) is 151 cm³/mol. The van der Waals surface area contributed by atoms with E-state index in [1.54, 1.807) is 25.6 Å². The van der Waals surface area contributed by atoms with E-state index >= 15 is 0 Å². The number of benzene rings is 1. The van der Waals surface area contributed by atoms with Gasteiger partial charge in [-0.3, -0.25) is 9.88 Å². The number of pyridine rings is 2. The SMILES string of the molecule is COc1ncccc1-c1ccc2c(c1)C1CN(Cc3ccccn3)CC1S2(=O)=O.O=C(O)C(F)(F)F.O=C(O)C(F)(F)F.O=C(O)C(F)(F)F. The van der Waals surface area contributed by atoms with E-state index in [0.717, 1.165) is 22.4 Å². The molecule has 0 bridgehead atoms. The fourth-order valence-electron chi connectivity index (χ4n) is 4.52. The van der Waals surface area contributed by atoms with Crippen LogP contribution in [0.2, 0.25) is 0 Å². The van der Waals surface area contributed by atoms with Crippen molar-refractivity contribution in [3.8, 4) is 17.0 Å². The van der Waals surface area contributed by atoms with Gasteiger partial charge in [0.15, 0.2) is 9.84 Å². The van der Waals surface area contributed by atoms with Crippen LogP contribution >= 0.6 is 0 Å². The zero-order chi connectivity index (χ0) is 38.2. The maximum Gasteiger partial charge on any atom is 0.490 e. The number of carboxylic acid groups (broad SMARTS) is 3. The van der Waals surface area contributed by atoms with Crippen LogP contribution in [-0.2, 0) is 30.8 Å². The molecule has 0 amide bonds. The van der Waals surface area contributed by atoms with Crippen LogP contribution in [0.4, 0.5) is 39.5 Å². The Kier molecular flexibility index (Phi) is 13.3. The number of methoxy groups -OCH3 is 1. The number of alkyl halides is 9. The summed E-state index contributed by atoms with van der Waals surface area (Å²) in [6.45, 7) is 1.90. The Bertz CT molecular complexity index is 1710. The number of nitrogens with zero attached hydrogens (tertiary/aromatic N) is 3. The third-order valence-corrected chi connectivity index (χ3v) is 8.83. The number of rotatable bonds is 4. The molecule has 2 aliphatic heterocycles. The Morgan fingerprint density at radius 3 is 1.78 bits per heavy atom. The van der Waals surface area contributed by atoms with Crippen LogP contribution in [0.5, 0.6) is 5.88 Å². The Balaban J connectivity index is 0.000000338. The largest absolute Gasteiger partial charge is 0.490 e. The quantitative estimate of drug-likeness (QED) is 0.310. The average Bonchev–Trinajstić information content (AvgIpc) is 3.53. The zero-order valence-electron chi connectivity index (χ0n) is 25.0. The maximum atomic E-state index is 13.2.